The van der Waals surface area contributed by atoms with Crippen molar-refractivity contribution in [1.29, 1.82) is 0 Å². The molecular formula is C28H32ClN3O4S. The number of benzene rings is 3. The summed E-state index contributed by atoms with van der Waals surface area (Å²) in [5.41, 5.74) is 3.04. The van der Waals surface area contributed by atoms with Crippen LogP contribution in [0.1, 0.15) is 30.0 Å². The summed E-state index contributed by atoms with van der Waals surface area (Å²) in [6.07, 6.45) is 0.364. The molecule has 9 heteroatoms. The molecule has 0 unspecified atom stereocenters. The van der Waals surface area contributed by atoms with Gasteiger partial charge in [-0.3, -0.25) is 13.9 Å². The standard InChI is InChI=1S/C28H32ClN3O4S/c1-5-26(28(34)30-4)31(18-22-9-7-6-8-21(22)3)27(33)19-32(24-14-12-23(29)13-15-24)37(35,36)25-16-10-20(2)11-17-25/h6-17,26H,5,18-19H2,1-4H3,(H,30,34)/t26-/m1/s1. The molecule has 0 aliphatic heterocycles. The number of carbonyl (C=O) groups excluding carboxylic acids is 2. The van der Waals surface area contributed by atoms with Gasteiger partial charge in [0.1, 0.15) is 12.6 Å². The van der Waals surface area contributed by atoms with E-state index < -0.39 is 28.5 Å². The second kappa shape index (κ2) is 12.3. The normalized spacial score (nSPS) is 12.0. The number of likely N-dealkylation sites (N-methyl/N-ethyl adjacent to an activating group) is 1. The summed E-state index contributed by atoms with van der Waals surface area (Å²) in [5, 5.41) is 3.06. The number of hydrogen-bond donors (Lipinski definition) is 1. The van der Waals surface area contributed by atoms with Crippen molar-refractivity contribution < 1.29 is 18.0 Å². The molecule has 0 fully saturated rings. The van der Waals surface area contributed by atoms with Crippen LogP contribution >= 0.6 is 11.6 Å². The summed E-state index contributed by atoms with van der Waals surface area (Å²) in [5.74, 6) is -0.812. The van der Waals surface area contributed by atoms with Gasteiger partial charge < -0.3 is 10.2 Å². The number of rotatable bonds is 10. The Morgan fingerprint density at radius 3 is 2.14 bits per heavy atom. The molecule has 0 saturated heterocycles. The molecule has 0 aliphatic rings. The van der Waals surface area contributed by atoms with Gasteiger partial charge in [-0.05, 0) is 67.8 Å². The van der Waals surface area contributed by atoms with Crippen molar-refractivity contribution in [3.05, 3.63) is 94.5 Å². The van der Waals surface area contributed by atoms with E-state index in [0.717, 1.165) is 21.0 Å². The van der Waals surface area contributed by atoms with Crippen molar-refractivity contribution in [3.63, 3.8) is 0 Å². The van der Waals surface area contributed by atoms with Crippen LogP contribution in [0.5, 0.6) is 0 Å². The lowest BCUT2D eigenvalue weighted by atomic mass is 10.1. The Balaban J connectivity index is 2.06. The molecule has 0 spiro atoms. The molecule has 3 aromatic carbocycles. The Bertz CT molecular complexity index is 1340. The third-order valence-electron chi connectivity index (χ3n) is 6.24. The Kier molecular flexibility index (Phi) is 9.34. The summed E-state index contributed by atoms with van der Waals surface area (Å²) >= 11 is 6.05. The second-order valence-electron chi connectivity index (χ2n) is 8.79. The van der Waals surface area contributed by atoms with E-state index in [9.17, 15) is 18.0 Å². The van der Waals surface area contributed by atoms with Crippen LogP contribution in [0, 0.1) is 13.8 Å². The summed E-state index contributed by atoms with van der Waals surface area (Å²) in [6.45, 7) is 5.29. The van der Waals surface area contributed by atoms with Gasteiger partial charge in [-0.1, -0.05) is 60.5 Å². The summed E-state index contributed by atoms with van der Waals surface area (Å²) in [7, 11) is -2.59. The van der Waals surface area contributed by atoms with Crippen molar-refractivity contribution in [2.75, 3.05) is 17.9 Å². The van der Waals surface area contributed by atoms with Crippen LogP contribution in [0.2, 0.25) is 5.02 Å². The highest BCUT2D eigenvalue weighted by Crippen LogP contribution is 2.26. The fourth-order valence-corrected chi connectivity index (χ4v) is 5.57. The Morgan fingerprint density at radius 2 is 1.57 bits per heavy atom. The van der Waals surface area contributed by atoms with Gasteiger partial charge in [0.15, 0.2) is 0 Å². The first-order valence-corrected chi connectivity index (χ1v) is 13.8. The third kappa shape index (κ3) is 6.70. The molecule has 196 valence electrons. The van der Waals surface area contributed by atoms with E-state index in [1.807, 2.05) is 45.0 Å². The number of nitrogens with zero attached hydrogens (tertiary/aromatic N) is 2. The molecule has 1 atom stereocenters. The first-order valence-electron chi connectivity index (χ1n) is 12.0. The van der Waals surface area contributed by atoms with E-state index >= 15 is 0 Å². The quantitative estimate of drug-likeness (QED) is 0.403. The Hall–Kier alpha value is -3.36. The molecule has 2 amide bonds. The number of halogens is 1. The fraction of sp³-hybridized carbons (Fsp3) is 0.286. The SMILES string of the molecule is CC[C@H](C(=O)NC)N(Cc1ccccc1C)C(=O)CN(c1ccc(Cl)cc1)S(=O)(=O)c1ccc(C)cc1. The minimum absolute atomic E-state index is 0.0599. The highest BCUT2D eigenvalue weighted by Gasteiger charge is 2.33. The molecule has 0 aromatic heterocycles. The zero-order valence-corrected chi connectivity index (χ0v) is 23.0. The molecule has 37 heavy (non-hydrogen) atoms. The van der Waals surface area contributed by atoms with E-state index in [0.29, 0.717) is 17.1 Å². The number of hydrogen-bond acceptors (Lipinski definition) is 4. The molecule has 3 rings (SSSR count). The molecular weight excluding hydrogens is 510 g/mol. The van der Waals surface area contributed by atoms with Gasteiger partial charge in [0.25, 0.3) is 10.0 Å². The van der Waals surface area contributed by atoms with Crippen LogP contribution in [0.4, 0.5) is 5.69 Å². The maximum absolute atomic E-state index is 13.9. The van der Waals surface area contributed by atoms with Gasteiger partial charge in [0.2, 0.25) is 11.8 Å². The average Bonchev–Trinajstić information content (AvgIpc) is 2.88. The predicted molar refractivity (Wildman–Crippen MR) is 147 cm³/mol. The molecule has 1 N–H and O–H groups in total. The minimum Gasteiger partial charge on any atom is -0.357 e. The van der Waals surface area contributed by atoms with Crippen LogP contribution in [0.15, 0.2) is 77.7 Å². The zero-order chi connectivity index (χ0) is 27.2. The van der Waals surface area contributed by atoms with Crippen LogP contribution in [0.25, 0.3) is 0 Å². The first-order chi connectivity index (χ1) is 17.6. The molecule has 0 bridgehead atoms. The topological polar surface area (TPSA) is 86.8 Å². The smallest absolute Gasteiger partial charge is 0.264 e. The minimum atomic E-state index is -4.11. The van der Waals surface area contributed by atoms with E-state index in [2.05, 4.69) is 5.32 Å². The molecule has 3 aromatic rings. The van der Waals surface area contributed by atoms with Gasteiger partial charge in [0, 0.05) is 18.6 Å². The van der Waals surface area contributed by atoms with Crippen molar-refractivity contribution in [1.82, 2.24) is 10.2 Å². The van der Waals surface area contributed by atoms with E-state index in [4.69, 9.17) is 11.6 Å². The van der Waals surface area contributed by atoms with Crippen LogP contribution in [-0.2, 0) is 26.2 Å². The first kappa shape index (κ1) is 28.2. The van der Waals surface area contributed by atoms with Crippen LogP contribution in [-0.4, -0.2) is 44.8 Å². The van der Waals surface area contributed by atoms with Crippen molar-refractivity contribution in [2.24, 2.45) is 0 Å². The monoisotopic (exact) mass is 541 g/mol. The molecule has 0 saturated carbocycles. The Labute approximate surface area is 224 Å². The van der Waals surface area contributed by atoms with Crippen molar-refractivity contribution >= 4 is 39.1 Å². The lowest BCUT2D eigenvalue weighted by Crippen LogP contribution is -2.51. The highest BCUT2D eigenvalue weighted by atomic mass is 35.5. The van der Waals surface area contributed by atoms with E-state index in [-0.39, 0.29) is 17.3 Å². The van der Waals surface area contributed by atoms with Crippen molar-refractivity contribution in [3.8, 4) is 0 Å². The van der Waals surface area contributed by atoms with Gasteiger partial charge in [-0.15, -0.1) is 0 Å². The predicted octanol–water partition coefficient (Wildman–Crippen LogP) is 4.71. The molecule has 0 heterocycles. The third-order valence-corrected chi connectivity index (χ3v) is 8.28. The maximum atomic E-state index is 13.9. The summed E-state index contributed by atoms with van der Waals surface area (Å²) < 4.78 is 28.6. The number of nitrogens with one attached hydrogen (secondary N) is 1. The summed E-state index contributed by atoms with van der Waals surface area (Å²) in [4.78, 5) is 28.1. The van der Waals surface area contributed by atoms with Crippen molar-refractivity contribution in [2.45, 2.75) is 44.7 Å². The van der Waals surface area contributed by atoms with Gasteiger partial charge in [-0.25, -0.2) is 8.42 Å². The van der Waals surface area contributed by atoms with E-state index in [1.165, 1.54) is 24.1 Å². The van der Waals surface area contributed by atoms with Crippen LogP contribution in [0.3, 0.4) is 0 Å². The number of sulfonamides is 1. The number of aryl methyl sites for hydroxylation is 2. The number of anilines is 1. The number of carbonyl (C=O) groups is 2. The Morgan fingerprint density at radius 1 is 0.946 bits per heavy atom. The molecule has 0 radical (unpaired) electrons. The molecule has 0 aliphatic carbocycles. The second-order valence-corrected chi connectivity index (χ2v) is 11.1. The maximum Gasteiger partial charge on any atom is 0.264 e. The lowest BCUT2D eigenvalue weighted by molar-refractivity contribution is -0.140. The zero-order valence-electron chi connectivity index (χ0n) is 21.4. The van der Waals surface area contributed by atoms with E-state index in [1.54, 1.807) is 36.4 Å². The summed E-state index contributed by atoms with van der Waals surface area (Å²) in [6, 6.07) is 19.5. The number of amides is 2. The van der Waals surface area contributed by atoms with Gasteiger partial charge in [-0.2, -0.15) is 0 Å². The molecule has 7 nitrogen and oxygen atoms in total. The van der Waals surface area contributed by atoms with Crippen LogP contribution < -0.4 is 9.62 Å². The highest BCUT2D eigenvalue weighted by molar-refractivity contribution is 7.92. The average molecular weight is 542 g/mol. The fourth-order valence-electron chi connectivity index (χ4n) is 4.03. The lowest BCUT2D eigenvalue weighted by Gasteiger charge is -2.33. The van der Waals surface area contributed by atoms with Gasteiger partial charge >= 0.3 is 0 Å². The van der Waals surface area contributed by atoms with Gasteiger partial charge in [0.05, 0.1) is 10.6 Å². The largest absolute Gasteiger partial charge is 0.357 e.